The minimum absolute atomic E-state index is 0.0701. The molecule has 3 aromatic rings. The first-order valence-electron chi connectivity index (χ1n) is 11.5. The first-order chi connectivity index (χ1) is 17.2. The summed E-state index contributed by atoms with van der Waals surface area (Å²) in [6.07, 6.45) is 6.97. The fourth-order valence-corrected chi connectivity index (χ4v) is 4.55. The van der Waals surface area contributed by atoms with Gasteiger partial charge in [0.15, 0.2) is 17.3 Å². The van der Waals surface area contributed by atoms with Gasteiger partial charge in [0, 0.05) is 17.9 Å². The van der Waals surface area contributed by atoms with Crippen molar-refractivity contribution in [2.75, 3.05) is 11.9 Å². The maximum absolute atomic E-state index is 13.5. The monoisotopic (exact) mass is 515 g/mol. The Morgan fingerprint density at radius 1 is 1.06 bits per heavy atom. The number of halogens is 3. The van der Waals surface area contributed by atoms with Crippen LogP contribution in [0.2, 0.25) is 5.02 Å². The van der Waals surface area contributed by atoms with E-state index < -0.39 is 29.4 Å². The second-order valence-electron chi connectivity index (χ2n) is 8.62. The molecule has 0 spiro atoms. The molecule has 1 aromatic heterocycles. The van der Waals surface area contributed by atoms with Crippen LogP contribution in [0.25, 0.3) is 5.69 Å². The Labute approximate surface area is 210 Å². The lowest BCUT2D eigenvalue weighted by Gasteiger charge is -2.11. The van der Waals surface area contributed by atoms with Crippen molar-refractivity contribution < 1.29 is 23.2 Å². The van der Waals surface area contributed by atoms with Crippen molar-refractivity contribution in [3.8, 4) is 5.69 Å². The Morgan fingerprint density at radius 2 is 1.72 bits per heavy atom. The Kier molecular flexibility index (Phi) is 7.64. The minimum atomic E-state index is -1.20. The number of hydrogen-bond donors (Lipinski definition) is 3. The number of nitrogens with zero attached hydrogens (tertiary/aromatic N) is 2. The molecule has 1 fully saturated rings. The van der Waals surface area contributed by atoms with Crippen molar-refractivity contribution in [1.29, 1.82) is 0 Å². The highest BCUT2D eigenvalue weighted by molar-refractivity contribution is 6.34. The molecule has 0 radical (unpaired) electrons. The summed E-state index contributed by atoms with van der Waals surface area (Å²) in [4.78, 5) is 41.4. The summed E-state index contributed by atoms with van der Waals surface area (Å²) in [5, 5.41) is 5.12. The summed E-state index contributed by atoms with van der Waals surface area (Å²) < 4.78 is 28.2. The predicted octanol–water partition coefficient (Wildman–Crippen LogP) is 4.47. The molecule has 36 heavy (non-hydrogen) atoms. The number of carbonyl (C=O) groups excluding carboxylic acids is 3. The Balaban J connectivity index is 1.47. The van der Waals surface area contributed by atoms with Gasteiger partial charge in [-0.2, -0.15) is 0 Å². The smallest absolute Gasteiger partial charge is 0.272 e. The van der Waals surface area contributed by atoms with Gasteiger partial charge in [-0.15, -0.1) is 0 Å². The third-order valence-electron chi connectivity index (χ3n) is 6.19. The molecule has 3 amide bonds. The van der Waals surface area contributed by atoms with Crippen molar-refractivity contribution in [2.45, 2.75) is 32.1 Å². The number of rotatable bonds is 8. The van der Waals surface area contributed by atoms with E-state index in [9.17, 15) is 23.2 Å². The van der Waals surface area contributed by atoms with E-state index in [-0.39, 0.29) is 22.0 Å². The van der Waals surface area contributed by atoms with Crippen molar-refractivity contribution in [3.05, 3.63) is 76.3 Å². The minimum Gasteiger partial charge on any atom is -0.364 e. The van der Waals surface area contributed by atoms with Crippen LogP contribution >= 0.6 is 11.6 Å². The van der Waals surface area contributed by atoms with Crippen LogP contribution in [0.15, 0.2) is 42.7 Å². The van der Waals surface area contributed by atoms with E-state index in [2.05, 4.69) is 15.6 Å². The molecule has 2 aromatic carbocycles. The molecule has 0 atom stereocenters. The van der Waals surface area contributed by atoms with Crippen LogP contribution in [0.5, 0.6) is 0 Å². The van der Waals surface area contributed by atoms with Crippen LogP contribution in [0, 0.1) is 17.6 Å². The van der Waals surface area contributed by atoms with Crippen LogP contribution in [0.4, 0.5) is 14.5 Å². The van der Waals surface area contributed by atoms with E-state index in [1.54, 1.807) is 12.1 Å². The molecule has 188 valence electrons. The number of aromatic nitrogens is 2. The van der Waals surface area contributed by atoms with Crippen LogP contribution < -0.4 is 16.4 Å². The van der Waals surface area contributed by atoms with Gasteiger partial charge in [0.25, 0.3) is 17.7 Å². The van der Waals surface area contributed by atoms with Gasteiger partial charge in [-0.05, 0) is 48.7 Å². The molecular weight excluding hydrogens is 492 g/mol. The first kappa shape index (κ1) is 25.3. The van der Waals surface area contributed by atoms with Gasteiger partial charge in [0.1, 0.15) is 12.0 Å². The number of imidazole rings is 1. The lowest BCUT2D eigenvalue weighted by Crippen LogP contribution is -2.29. The van der Waals surface area contributed by atoms with Crippen LogP contribution in [-0.4, -0.2) is 33.8 Å². The van der Waals surface area contributed by atoms with E-state index in [4.69, 9.17) is 17.3 Å². The normalized spacial score (nSPS) is 13.5. The molecule has 0 saturated heterocycles. The predicted molar refractivity (Wildman–Crippen MR) is 130 cm³/mol. The van der Waals surface area contributed by atoms with Crippen molar-refractivity contribution in [3.63, 3.8) is 0 Å². The number of benzene rings is 2. The number of nitrogens with two attached hydrogens (primary N) is 1. The van der Waals surface area contributed by atoms with Gasteiger partial charge >= 0.3 is 0 Å². The second kappa shape index (κ2) is 10.9. The van der Waals surface area contributed by atoms with Crippen LogP contribution in [0.3, 0.4) is 0 Å². The second-order valence-corrected chi connectivity index (χ2v) is 9.03. The van der Waals surface area contributed by atoms with E-state index >= 15 is 0 Å². The SMILES string of the molecule is NC(=O)c1c(C(=O)NCCC2CCCC2)ncn1-c1ccc(NC(=O)c2cc(F)c(F)cc2Cl)cc1. The van der Waals surface area contributed by atoms with E-state index in [1.165, 1.54) is 48.7 Å². The van der Waals surface area contributed by atoms with Gasteiger partial charge in [-0.3, -0.25) is 19.0 Å². The van der Waals surface area contributed by atoms with E-state index in [0.717, 1.165) is 12.5 Å². The molecule has 4 rings (SSSR count). The Bertz CT molecular complexity index is 1300. The highest BCUT2D eigenvalue weighted by atomic mass is 35.5. The zero-order valence-electron chi connectivity index (χ0n) is 19.2. The Morgan fingerprint density at radius 3 is 2.39 bits per heavy atom. The van der Waals surface area contributed by atoms with Gasteiger partial charge in [-0.25, -0.2) is 13.8 Å². The molecule has 1 aliphatic carbocycles. The molecule has 1 aliphatic rings. The highest BCUT2D eigenvalue weighted by Crippen LogP contribution is 2.27. The van der Waals surface area contributed by atoms with Gasteiger partial charge in [-0.1, -0.05) is 37.3 Å². The van der Waals surface area contributed by atoms with Crippen LogP contribution in [0.1, 0.15) is 63.4 Å². The van der Waals surface area contributed by atoms with E-state index in [1.807, 2.05) is 0 Å². The van der Waals surface area contributed by atoms with Crippen molar-refractivity contribution in [2.24, 2.45) is 11.7 Å². The summed E-state index contributed by atoms with van der Waals surface area (Å²) in [5.74, 6) is -3.78. The number of anilines is 1. The molecule has 8 nitrogen and oxygen atoms in total. The number of primary amides is 1. The number of amides is 3. The fraction of sp³-hybridized carbons (Fsp3) is 0.280. The fourth-order valence-electron chi connectivity index (χ4n) is 4.32. The summed E-state index contributed by atoms with van der Waals surface area (Å²) >= 11 is 5.85. The molecule has 0 bridgehead atoms. The molecule has 4 N–H and O–H groups in total. The molecule has 0 unspecified atom stereocenters. The molecule has 1 saturated carbocycles. The topological polar surface area (TPSA) is 119 Å². The van der Waals surface area contributed by atoms with E-state index in [0.29, 0.717) is 29.9 Å². The van der Waals surface area contributed by atoms with Crippen molar-refractivity contribution in [1.82, 2.24) is 14.9 Å². The molecule has 0 aliphatic heterocycles. The quantitative estimate of drug-likeness (QED) is 0.383. The third kappa shape index (κ3) is 5.54. The molecule has 11 heteroatoms. The Hall–Kier alpha value is -3.79. The van der Waals surface area contributed by atoms with Gasteiger partial charge < -0.3 is 16.4 Å². The number of carbonyl (C=O) groups is 3. The summed E-state index contributed by atoms with van der Waals surface area (Å²) in [6, 6.07) is 7.62. The zero-order chi connectivity index (χ0) is 25.8. The van der Waals surface area contributed by atoms with Crippen molar-refractivity contribution >= 4 is 35.0 Å². The summed E-state index contributed by atoms with van der Waals surface area (Å²) in [5.41, 5.74) is 5.98. The number of nitrogens with one attached hydrogen (secondary N) is 2. The third-order valence-corrected chi connectivity index (χ3v) is 6.50. The maximum Gasteiger partial charge on any atom is 0.272 e. The lowest BCUT2D eigenvalue weighted by atomic mass is 10.0. The lowest BCUT2D eigenvalue weighted by molar-refractivity contribution is 0.0928. The van der Waals surface area contributed by atoms with Crippen LogP contribution in [-0.2, 0) is 0 Å². The average Bonchev–Trinajstić information content (AvgIpc) is 3.52. The van der Waals surface area contributed by atoms with Gasteiger partial charge in [0.2, 0.25) is 0 Å². The largest absolute Gasteiger partial charge is 0.364 e. The first-order valence-corrected chi connectivity index (χ1v) is 11.8. The number of hydrogen-bond acceptors (Lipinski definition) is 4. The van der Waals surface area contributed by atoms with Gasteiger partial charge in [0.05, 0.1) is 10.6 Å². The summed E-state index contributed by atoms with van der Waals surface area (Å²) in [7, 11) is 0. The molecular formula is C25H24ClF2N5O3. The average molecular weight is 516 g/mol. The molecule has 1 heterocycles. The summed E-state index contributed by atoms with van der Waals surface area (Å²) in [6.45, 7) is 0.491. The maximum atomic E-state index is 13.5. The standard InChI is InChI=1S/C25H24ClF2N5O3/c26-18-12-20(28)19(27)11-17(18)24(35)32-15-5-7-16(8-6-15)33-13-31-21(22(33)23(29)34)25(36)30-10-9-14-3-1-2-4-14/h5-8,11-14H,1-4,9-10H2,(H2,29,34)(H,30,36)(H,32,35). The zero-order valence-corrected chi connectivity index (χ0v) is 19.9. The highest BCUT2D eigenvalue weighted by Gasteiger charge is 2.23.